The van der Waals surface area contributed by atoms with Gasteiger partial charge in [0.25, 0.3) is 5.91 Å². The topological polar surface area (TPSA) is 181 Å². The Bertz CT molecular complexity index is 1070. The maximum Gasteiger partial charge on any atom is 0.251 e. The lowest BCUT2D eigenvalue weighted by Crippen LogP contribution is -2.47. The number of hydrogen-bond acceptors (Lipinski definition) is 4. The molecule has 8 N–H and O–H groups in total. The Morgan fingerprint density at radius 3 is 2.21 bits per heavy atom. The number of nitrogens with two attached hydrogens (primary N) is 3. The number of anilines is 1. The minimum Gasteiger partial charge on any atom is -0.372 e. The average Bonchev–Trinajstić information content (AvgIpc) is 2.79. The summed E-state index contributed by atoms with van der Waals surface area (Å²) in [5.74, 6) is 0.178. The van der Waals surface area contributed by atoms with E-state index in [1.807, 2.05) is 24.3 Å². The van der Waals surface area contributed by atoms with E-state index in [9.17, 15) is 9.59 Å². The first-order chi connectivity index (χ1) is 16.3. The number of aliphatic imine (C=N–C) groups is 2. The van der Waals surface area contributed by atoms with Crippen LogP contribution in [0.1, 0.15) is 21.8 Å². The van der Waals surface area contributed by atoms with Gasteiger partial charge >= 0.3 is 0 Å². The highest BCUT2D eigenvalue weighted by molar-refractivity contribution is 6.01. The molecule has 0 aromatic heterocycles. The third kappa shape index (κ3) is 7.19. The van der Waals surface area contributed by atoms with E-state index < -0.39 is 0 Å². The molecule has 2 aromatic rings. The van der Waals surface area contributed by atoms with Crippen molar-refractivity contribution in [2.45, 2.75) is 5.92 Å². The van der Waals surface area contributed by atoms with E-state index in [0.29, 0.717) is 35.9 Å². The van der Waals surface area contributed by atoms with Gasteiger partial charge in [-0.15, -0.1) is 0 Å². The molecule has 11 nitrogen and oxygen atoms in total. The lowest BCUT2D eigenvalue weighted by atomic mass is 9.91. The van der Waals surface area contributed by atoms with Gasteiger partial charge in [0.15, 0.2) is 0 Å². The molecule has 3 amide bonds. The highest BCUT2D eigenvalue weighted by Gasteiger charge is 2.30. The molecule has 0 spiro atoms. The van der Waals surface area contributed by atoms with Gasteiger partial charge < -0.3 is 32.7 Å². The summed E-state index contributed by atoms with van der Waals surface area (Å²) in [6.07, 6.45) is 1.58. The van der Waals surface area contributed by atoms with Crippen LogP contribution in [-0.2, 0) is 9.59 Å². The standard InChI is InChI=1S/C22H25N7O2.CH3NO/c1-3-19(30)29-12-16(13-29)14-4-8-17(9-5-14)26-21(23)28-22(24)27-18-10-6-15(7-11-18)20(31)25-2;2-1-3/h3-11,16H,1,12-13H2,2H3,(H,25,31)(H5,23,24,26,27,28);1H,(H2,2,3). The smallest absolute Gasteiger partial charge is 0.251 e. The number of primary amides is 1. The van der Waals surface area contributed by atoms with Crippen LogP contribution in [0, 0.1) is 0 Å². The summed E-state index contributed by atoms with van der Waals surface area (Å²) in [7, 11) is 1.57. The predicted molar refractivity (Wildman–Crippen MR) is 133 cm³/mol. The van der Waals surface area contributed by atoms with E-state index in [1.54, 1.807) is 36.2 Å². The largest absolute Gasteiger partial charge is 0.372 e. The number of carbonyl (C=O) groups is 3. The van der Waals surface area contributed by atoms with E-state index in [2.05, 4.69) is 32.9 Å². The number of guanidine groups is 2. The summed E-state index contributed by atoms with van der Waals surface area (Å²) >= 11 is 0. The quantitative estimate of drug-likeness (QED) is 0.187. The number of likely N-dealkylation sites (tertiary alicyclic amines) is 1. The van der Waals surface area contributed by atoms with E-state index >= 15 is 0 Å². The Labute approximate surface area is 197 Å². The number of nitrogens with zero attached hydrogens (tertiary/aromatic N) is 3. The Kier molecular flexibility index (Phi) is 9.32. The zero-order valence-electron chi connectivity index (χ0n) is 18.8. The van der Waals surface area contributed by atoms with Crippen LogP contribution in [-0.4, -0.2) is 55.2 Å². The van der Waals surface area contributed by atoms with E-state index in [1.165, 1.54) is 6.08 Å². The van der Waals surface area contributed by atoms with Gasteiger partial charge in [-0.05, 0) is 48.0 Å². The fraction of sp³-hybridized carbons (Fsp3) is 0.174. The molecule has 2 aromatic carbocycles. The molecule has 34 heavy (non-hydrogen) atoms. The van der Waals surface area contributed by atoms with Gasteiger partial charge in [-0.1, -0.05) is 18.7 Å². The molecule has 178 valence electrons. The normalized spacial score (nSPS) is 13.6. The van der Waals surface area contributed by atoms with Crippen molar-refractivity contribution in [3.63, 3.8) is 0 Å². The zero-order chi connectivity index (χ0) is 25.1. The lowest BCUT2D eigenvalue weighted by molar-refractivity contribution is -0.130. The van der Waals surface area contributed by atoms with Crippen LogP contribution in [0.3, 0.4) is 0 Å². The molecule has 0 atom stereocenters. The molecular weight excluding hydrogens is 436 g/mol. The first-order valence-corrected chi connectivity index (χ1v) is 10.2. The lowest BCUT2D eigenvalue weighted by Gasteiger charge is -2.39. The first-order valence-electron chi connectivity index (χ1n) is 10.2. The first kappa shape index (κ1) is 25.6. The van der Waals surface area contributed by atoms with Crippen molar-refractivity contribution in [1.29, 1.82) is 0 Å². The molecule has 0 saturated carbocycles. The molecule has 1 aliphatic rings. The molecule has 0 radical (unpaired) electrons. The second kappa shape index (κ2) is 12.4. The average molecular weight is 465 g/mol. The molecule has 11 heteroatoms. The molecule has 1 aliphatic heterocycles. The minimum atomic E-state index is -0.171. The summed E-state index contributed by atoms with van der Waals surface area (Å²) < 4.78 is 0. The van der Waals surface area contributed by atoms with Crippen molar-refractivity contribution in [3.05, 3.63) is 72.3 Å². The number of benzene rings is 2. The number of carbonyl (C=O) groups excluding carboxylic acids is 3. The predicted octanol–water partition coefficient (Wildman–Crippen LogP) is 0.633. The van der Waals surface area contributed by atoms with Crippen LogP contribution >= 0.6 is 0 Å². The van der Waals surface area contributed by atoms with Crippen LogP contribution in [0.2, 0.25) is 0 Å². The summed E-state index contributed by atoms with van der Waals surface area (Å²) in [6.45, 7) is 4.87. The van der Waals surface area contributed by atoms with E-state index in [0.717, 1.165) is 5.56 Å². The van der Waals surface area contributed by atoms with Crippen LogP contribution in [0.25, 0.3) is 0 Å². The van der Waals surface area contributed by atoms with Crippen molar-refractivity contribution >= 4 is 41.5 Å². The fourth-order valence-corrected chi connectivity index (χ4v) is 3.13. The van der Waals surface area contributed by atoms with Crippen LogP contribution in [0.5, 0.6) is 0 Å². The monoisotopic (exact) mass is 464 g/mol. The molecular formula is C23H28N8O3. The third-order valence-corrected chi connectivity index (χ3v) is 4.86. The van der Waals surface area contributed by atoms with Gasteiger partial charge in [-0.3, -0.25) is 14.4 Å². The zero-order valence-corrected chi connectivity index (χ0v) is 18.8. The summed E-state index contributed by atoms with van der Waals surface area (Å²) in [6, 6.07) is 14.4. The number of amides is 3. The maximum atomic E-state index is 11.6. The van der Waals surface area contributed by atoms with Crippen molar-refractivity contribution < 1.29 is 14.4 Å². The molecule has 1 heterocycles. The Hall–Kier alpha value is -4.67. The number of rotatable bonds is 5. The summed E-state index contributed by atoms with van der Waals surface area (Å²) in [5, 5.41) is 5.45. The third-order valence-electron chi connectivity index (χ3n) is 4.86. The number of nitrogens with one attached hydrogen (secondary N) is 2. The molecule has 3 rings (SSSR count). The number of hydrogen-bond donors (Lipinski definition) is 5. The Morgan fingerprint density at radius 2 is 1.68 bits per heavy atom. The van der Waals surface area contributed by atoms with Crippen LogP contribution in [0.4, 0.5) is 11.4 Å². The Balaban J connectivity index is 0.00000129. The van der Waals surface area contributed by atoms with Gasteiger partial charge in [-0.2, -0.15) is 4.99 Å². The van der Waals surface area contributed by atoms with Crippen LogP contribution < -0.4 is 27.8 Å². The SMILES string of the molecule is C=CC(=O)N1CC(c2ccc(N=C(N)/N=C(\N)Nc3ccc(C(=O)NC)cc3)cc2)C1.NC=O. The highest BCUT2D eigenvalue weighted by Crippen LogP contribution is 2.28. The highest BCUT2D eigenvalue weighted by atomic mass is 16.2. The second-order valence-electron chi connectivity index (χ2n) is 7.12. The van der Waals surface area contributed by atoms with Gasteiger partial charge in [0.05, 0.1) is 5.69 Å². The van der Waals surface area contributed by atoms with Crippen molar-refractivity contribution in [3.8, 4) is 0 Å². The van der Waals surface area contributed by atoms with Crippen molar-refractivity contribution in [2.75, 3.05) is 25.5 Å². The second-order valence-corrected chi connectivity index (χ2v) is 7.12. The molecule has 0 bridgehead atoms. The maximum absolute atomic E-state index is 11.6. The van der Waals surface area contributed by atoms with Crippen molar-refractivity contribution in [1.82, 2.24) is 10.2 Å². The van der Waals surface area contributed by atoms with Gasteiger partial charge in [-0.25, -0.2) is 4.99 Å². The van der Waals surface area contributed by atoms with Gasteiger partial charge in [0.2, 0.25) is 24.2 Å². The molecule has 1 fully saturated rings. The van der Waals surface area contributed by atoms with E-state index in [4.69, 9.17) is 16.3 Å². The summed E-state index contributed by atoms with van der Waals surface area (Å²) in [5.41, 5.74) is 18.9. The fourth-order valence-electron chi connectivity index (χ4n) is 3.13. The minimum absolute atomic E-state index is 0.00568. The van der Waals surface area contributed by atoms with Crippen LogP contribution in [0.15, 0.2) is 71.2 Å². The van der Waals surface area contributed by atoms with Gasteiger partial charge in [0, 0.05) is 37.3 Å². The molecule has 1 saturated heterocycles. The summed E-state index contributed by atoms with van der Waals surface area (Å²) in [4.78, 5) is 41.7. The Morgan fingerprint density at radius 1 is 1.09 bits per heavy atom. The molecule has 0 unspecified atom stereocenters. The van der Waals surface area contributed by atoms with Crippen molar-refractivity contribution in [2.24, 2.45) is 27.2 Å². The molecule has 0 aliphatic carbocycles. The van der Waals surface area contributed by atoms with Gasteiger partial charge in [0.1, 0.15) is 0 Å². The van der Waals surface area contributed by atoms with E-state index in [-0.39, 0.29) is 30.1 Å².